The van der Waals surface area contributed by atoms with E-state index in [1.165, 1.54) is 0 Å². The second-order valence-corrected chi connectivity index (χ2v) is 3.40. The molecule has 0 aromatic carbocycles. The molecule has 1 aromatic rings. The Morgan fingerprint density at radius 1 is 1.60 bits per heavy atom. The van der Waals surface area contributed by atoms with Crippen molar-refractivity contribution in [1.29, 1.82) is 0 Å². The molecule has 1 heterocycles. The highest BCUT2D eigenvalue weighted by molar-refractivity contribution is 5.19. The van der Waals surface area contributed by atoms with Gasteiger partial charge in [-0.25, -0.2) is 0 Å². The van der Waals surface area contributed by atoms with Gasteiger partial charge in [-0.1, -0.05) is 5.92 Å². The molecule has 1 rings (SSSR count). The molecule has 0 amide bonds. The van der Waals surface area contributed by atoms with Crippen LogP contribution in [0, 0.1) is 19.3 Å². The summed E-state index contributed by atoms with van der Waals surface area (Å²) in [6.07, 6.45) is 6.94. The fourth-order valence-corrected chi connectivity index (χ4v) is 1.15. The van der Waals surface area contributed by atoms with Gasteiger partial charge in [-0.15, -0.1) is 6.42 Å². The monoisotopic (exact) mass is 204 g/mol. The summed E-state index contributed by atoms with van der Waals surface area (Å²) < 4.78 is 5.62. The van der Waals surface area contributed by atoms with E-state index < -0.39 is 0 Å². The molecule has 0 radical (unpaired) electrons. The van der Waals surface area contributed by atoms with Crippen molar-refractivity contribution in [2.75, 3.05) is 13.1 Å². The van der Waals surface area contributed by atoms with E-state index in [4.69, 9.17) is 11.2 Å². The minimum Gasteiger partial charge on any atom is -0.488 e. The number of pyridine rings is 1. The van der Waals surface area contributed by atoms with Crippen molar-refractivity contribution in [2.45, 2.75) is 20.0 Å². The molecule has 15 heavy (non-hydrogen) atoms. The van der Waals surface area contributed by atoms with Crippen molar-refractivity contribution in [3.8, 4) is 18.1 Å². The topological polar surface area (TPSA) is 34.1 Å². The number of rotatable bonds is 5. The number of nitrogens with one attached hydrogen (secondary N) is 1. The van der Waals surface area contributed by atoms with E-state index in [1.807, 2.05) is 26.0 Å². The van der Waals surface area contributed by atoms with Gasteiger partial charge in [0.2, 0.25) is 0 Å². The second kappa shape index (κ2) is 6.05. The van der Waals surface area contributed by atoms with Gasteiger partial charge in [-0.3, -0.25) is 4.98 Å². The largest absolute Gasteiger partial charge is 0.488 e. The summed E-state index contributed by atoms with van der Waals surface area (Å²) in [5, 5.41) is 3.08. The van der Waals surface area contributed by atoms with Gasteiger partial charge in [-0.2, -0.15) is 0 Å². The lowest BCUT2D eigenvalue weighted by Gasteiger charge is -2.14. The number of hydrogen-bond acceptors (Lipinski definition) is 3. The zero-order valence-electron chi connectivity index (χ0n) is 9.16. The van der Waals surface area contributed by atoms with Gasteiger partial charge in [0.25, 0.3) is 0 Å². The summed E-state index contributed by atoms with van der Waals surface area (Å²) in [4.78, 5) is 4.15. The molecule has 0 aliphatic rings. The van der Waals surface area contributed by atoms with Crippen LogP contribution in [0.25, 0.3) is 0 Å². The lowest BCUT2D eigenvalue weighted by molar-refractivity contribution is 0.218. The molecule has 3 nitrogen and oxygen atoms in total. The molecule has 3 heteroatoms. The van der Waals surface area contributed by atoms with Gasteiger partial charge >= 0.3 is 0 Å². The van der Waals surface area contributed by atoms with Crippen molar-refractivity contribution in [3.63, 3.8) is 0 Å². The molecule has 0 fully saturated rings. The summed E-state index contributed by atoms with van der Waals surface area (Å²) >= 11 is 0. The highest BCUT2D eigenvalue weighted by Gasteiger charge is 2.02. The highest BCUT2D eigenvalue weighted by Crippen LogP contribution is 2.10. The zero-order chi connectivity index (χ0) is 11.1. The normalized spacial score (nSPS) is 11.8. The van der Waals surface area contributed by atoms with E-state index >= 15 is 0 Å². The SMILES string of the molecule is C#CCNCC(C)Oc1ccc(C)nc1. The predicted octanol–water partition coefficient (Wildman–Crippen LogP) is 1.38. The molecular weight excluding hydrogens is 188 g/mol. The first-order valence-corrected chi connectivity index (χ1v) is 4.96. The number of aryl methyl sites for hydroxylation is 1. The maximum atomic E-state index is 5.62. The maximum absolute atomic E-state index is 5.62. The van der Waals surface area contributed by atoms with Crippen LogP contribution in [-0.2, 0) is 0 Å². The first-order chi connectivity index (χ1) is 7.22. The van der Waals surface area contributed by atoms with Crippen LogP contribution in [0.15, 0.2) is 18.3 Å². The van der Waals surface area contributed by atoms with Crippen molar-refractivity contribution < 1.29 is 4.74 Å². The van der Waals surface area contributed by atoms with E-state index in [9.17, 15) is 0 Å². The van der Waals surface area contributed by atoms with E-state index in [0.29, 0.717) is 6.54 Å². The van der Waals surface area contributed by atoms with Crippen molar-refractivity contribution in [3.05, 3.63) is 24.0 Å². The third kappa shape index (κ3) is 4.48. The Bertz CT molecular complexity index is 326. The van der Waals surface area contributed by atoms with Crippen LogP contribution < -0.4 is 10.1 Å². The highest BCUT2D eigenvalue weighted by atomic mass is 16.5. The Kier molecular flexibility index (Phi) is 4.65. The molecule has 0 aliphatic carbocycles. The summed E-state index contributed by atoms with van der Waals surface area (Å²) in [5.41, 5.74) is 0.987. The summed E-state index contributed by atoms with van der Waals surface area (Å²) in [6.45, 7) is 5.24. The van der Waals surface area contributed by atoms with Gasteiger partial charge in [0, 0.05) is 12.2 Å². The summed E-state index contributed by atoms with van der Waals surface area (Å²) in [5.74, 6) is 3.30. The smallest absolute Gasteiger partial charge is 0.138 e. The fraction of sp³-hybridized carbons (Fsp3) is 0.417. The first kappa shape index (κ1) is 11.5. The number of hydrogen-bond donors (Lipinski definition) is 1. The number of nitrogens with zero attached hydrogens (tertiary/aromatic N) is 1. The van der Waals surface area contributed by atoms with Gasteiger partial charge in [0.05, 0.1) is 12.7 Å². The molecule has 0 saturated heterocycles. The van der Waals surface area contributed by atoms with E-state index in [1.54, 1.807) is 6.20 Å². The van der Waals surface area contributed by atoms with Crippen LogP contribution in [0.4, 0.5) is 0 Å². The average molecular weight is 204 g/mol. The van der Waals surface area contributed by atoms with Crippen LogP contribution in [0.5, 0.6) is 5.75 Å². The Balaban J connectivity index is 2.34. The molecule has 1 atom stereocenters. The summed E-state index contributed by atoms with van der Waals surface area (Å²) in [6, 6.07) is 3.84. The van der Waals surface area contributed by atoms with Crippen LogP contribution in [0.2, 0.25) is 0 Å². The minimum atomic E-state index is 0.0860. The molecule has 80 valence electrons. The lowest BCUT2D eigenvalue weighted by atomic mass is 10.3. The van der Waals surface area contributed by atoms with Crippen LogP contribution in [0.1, 0.15) is 12.6 Å². The van der Waals surface area contributed by atoms with Crippen molar-refractivity contribution in [2.24, 2.45) is 0 Å². The van der Waals surface area contributed by atoms with E-state index in [0.717, 1.165) is 18.0 Å². The van der Waals surface area contributed by atoms with Gasteiger partial charge < -0.3 is 10.1 Å². The second-order valence-electron chi connectivity index (χ2n) is 3.40. The minimum absolute atomic E-state index is 0.0860. The average Bonchev–Trinajstić information content (AvgIpc) is 2.22. The van der Waals surface area contributed by atoms with Gasteiger partial charge in [0.15, 0.2) is 0 Å². The third-order valence-corrected chi connectivity index (χ3v) is 1.88. The Morgan fingerprint density at radius 2 is 2.40 bits per heavy atom. The Labute approximate surface area is 90.9 Å². The van der Waals surface area contributed by atoms with Crippen molar-refractivity contribution >= 4 is 0 Å². The molecule has 0 saturated carbocycles. The van der Waals surface area contributed by atoms with Crippen LogP contribution in [-0.4, -0.2) is 24.2 Å². The van der Waals surface area contributed by atoms with Crippen LogP contribution >= 0.6 is 0 Å². The summed E-state index contributed by atoms with van der Waals surface area (Å²) in [7, 11) is 0. The lowest BCUT2D eigenvalue weighted by Crippen LogP contribution is -2.29. The van der Waals surface area contributed by atoms with E-state index in [-0.39, 0.29) is 6.10 Å². The van der Waals surface area contributed by atoms with Gasteiger partial charge in [0.1, 0.15) is 11.9 Å². The van der Waals surface area contributed by atoms with Crippen LogP contribution in [0.3, 0.4) is 0 Å². The molecule has 0 spiro atoms. The predicted molar refractivity (Wildman–Crippen MR) is 60.8 cm³/mol. The van der Waals surface area contributed by atoms with Gasteiger partial charge in [-0.05, 0) is 26.0 Å². The molecule has 0 bridgehead atoms. The third-order valence-electron chi connectivity index (χ3n) is 1.88. The number of aromatic nitrogens is 1. The van der Waals surface area contributed by atoms with Crippen molar-refractivity contribution in [1.82, 2.24) is 10.3 Å². The standard InChI is InChI=1S/C12H16N2O/c1-4-7-13-8-11(3)15-12-6-5-10(2)14-9-12/h1,5-6,9,11,13H,7-8H2,2-3H3. The molecule has 1 N–H and O–H groups in total. The maximum Gasteiger partial charge on any atom is 0.138 e. The molecule has 1 aromatic heterocycles. The molecule has 1 unspecified atom stereocenters. The number of ether oxygens (including phenoxy) is 1. The Morgan fingerprint density at radius 3 is 3.00 bits per heavy atom. The quantitative estimate of drug-likeness (QED) is 0.581. The first-order valence-electron chi connectivity index (χ1n) is 4.96. The fourth-order valence-electron chi connectivity index (χ4n) is 1.15. The molecular formula is C12H16N2O. The van der Waals surface area contributed by atoms with E-state index in [2.05, 4.69) is 16.2 Å². The number of terminal acetylenes is 1. The molecule has 0 aliphatic heterocycles. The zero-order valence-corrected chi connectivity index (χ0v) is 9.16. The Hall–Kier alpha value is -1.53.